The van der Waals surface area contributed by atoms with Crippen LogP contribution in [-0.4, -0.2) is 12.6 Å². The lowest BCUT2D eigenvalue weighted by Gasteiger charge is -2.28. The summed E-state index contributed by atoms with van der Waals surface area (Å²) in [5, 5.41) is 9.38. The maximum absolute atomic E-state index is 13.4. The summed E-state index contributed by atoms with van der Waals surface area (Å²) in [6.45, 7) is 2.96. The van der Waals surface area contributed by atoms with Crippen molar-refractivity contribution in [3.05, 3.63) is 58.2 Å². The highest BCUT2D eigenvalue weighted by Gasteiger charge is 2.42. The summed E-state index contributed by atoms with van der Waals surface area (Å²) < 4.78 is 50.3. The van der Waals surface area contributed by atoms with Crippen LogP contribution in [0, 0.1) is 11.3 Å². The quantitative estimate of drug-likeness (QED) is 0.843. The van der Waals surface area contributed by atoms with Crippen LogP contribution < -0.4 is 5.73 Å². The molecule has 5 nitrogen and oxygen atoms in total. The molecule has 1 aliphatic rings. The van der Waals surface area contributed by atoms with Crippen LogP contribution in [0.5, 0.6) is 0 Å². The van der Waals surface area contributed by atoms with Crippen LogP contribution in [0.4, 0.5) is 13.2 Å². The normalized spacial score (nSPS) is 17.8. The number of carbonyl (C=O) groups is 1. The van der Waals surface area contributed by atoms with Gasteiger partial charge in [0.1, 0.15) is 17.4 Å². The summed E-state index contributed by atoms with van der Waals surface area (Å²) in [5.41, 5.74) is 4.00. The maximum Gasteiger partial charge on any atom is 0.416 e. The number of halogens is 3. The molecular weight excluding hydrogens is 337 g/mol. The first-order chi connectivity index (χ1) is 11.7. The van der Waals surface area contributed by atoms with Crippen molar-refractivity contribution in [2.75, 3.05) is 6.61 Å². The first kappa shape index (κ1) is 18.4. The number of nitriles is 1. The van der Waals surface area contributed by atoms with Crippen LogP contribution in [0.25, 0.3) is 0 Å². The second kappa shape index (κ2) is 6.89. The lowest BCUT2D eigenvalue weighted by molar-refractivity contribution is -0.140. The molecule has 0 fully saturated rings. The fraction of sp³-hybridized carbons (Fsp3) is 0.294. The molecule has 132 valence electrons. The molecule has 1 aromatic rings. The largest absolute Gasteiger partial charge is 0.463 e. The number of nitrogens with zero attached hydrogens (tertiary/aromatic N) is 1. The molecule has 0 saturated carbocycles. The van der Waals surface area contributed by atoms with Crippen LogP contribution in [-0.2, 0) is 20.4 Å². The van der Waals surface area contributed by atoms with Gasteiger partial charge in [0.05, 0.1) is 23.7 Å². The third-order valence-corrected chi connectivity index (χ3v) is 3.68. The van der Waals surface area contributed by atoms with E-state index in [9.17, 15) is 23.2 Å². The number of benzene rings is 1. The van der Waals surface area contributed by atoms with Crippen LogP contribution >= 0.6 is 0 Å². The predicted octanol–water partition coefficient (Wildman–Crippen LogP) is 3.35. The lowest BCUT2D eigenvalue weighted by atomic mass is 9.81. The average molecular weight is 352 g/mol. The smallest absolute Gasteiger partial charge is 0.416 e. The Morgan fingerprint density at radius 2 is 2.04 bits per heavy atom. The first-order valence-corrected chi connectivity index (χ1v) is 7.33. The van der Waals surface area contributed by atoms with Crippen molar-refractivity contribution in [1.82, 2.24) is 0 Å². The van der Waals surface area contributed by atoms with Crippen LogP contribution in [0.1, 0.15) is 30.9 Å². The summed E-state index contributed by atoms with van der Waals surface area (Å²) >= 11 is 0. The van der Waals surface area contributed by atoms with Crippen molar-refractivity contribution in [3.8, 4) is 6.07 Å². The second-order valence-corrected chi connectivity index (χ2v) is 5.20. The molecule has 0 radical (unpaired) electrons. The Balaban J connectivity index is 2.75. The van der Waals surface area contributed by atoms with Gasteiger partial charge in [0.25, 0.3) is 0 Å². The molecule has 1 heterocycles. The fourth-order valence-corrected chi connectivity index (χ4v) is 2.67. The summed E-state index contributed by atoms with van der Waals surface area (Å²) in [6, 6.07) is 6.46. The number of hydrogen-bond donors (Lipinski definition) is 1. The highest BCUT2D eigenvalue weighted by molar-refractivity contribution is 5.92. The van der Waals surface area contributed by atoms with Gasteiger partial charge >= 0.3 is 12.1 Å². The van der Waals surface area contributed by atoms with E-state index in [1.807, 2.05) is 0 Å². The van der Waals surface area contributed by atoms with Crippen molar-refractivity contribution >= 4 is 5.97 Å². The van der Waals surface area contributed by atoms with Gasteiger partial charge in [-0.3, -0.25) is 0 Å². The number of carbonyl (C=O) groups excluding carboxylic acids is 1. The SMILES string of the molecule is CCOC(=O)C1=C(C)OC(N)=C(C#N)[C@@H]1c1ccccc1C(F)(F)F. The van der Waals surface area contributed by atoms with E-state index < -0.39 is 23.6 Å². The minimum atomic E-state index is -4.67. The van der Waals surface area contributed by atoms with E-state index in [-0.39, 0.29) is 35.0 Å². The summed E-state index contributed by atoms with van der Waals surface area (Å²) in [4.78, 5) is 12.3. The van der Waals surface area contributed by atoms with Crippen molar-refractivity contribution in [1.29, 1.82) is 5.26 Å². The minimum Gasteiger partial charge on any atom is -0.463 e. The summed E-state index contributed by atoms with van der Waals surface area (Å²) in [6.07, 6.45) is -4.67. The number of hydrogen-bond acceptors (Lipinski definition) is 5. The zero-order valence-corrected chi connectivity index (χ0v) is 13.5. The van der Waals surface area contributed by atoms with E-state index in [0.29, 0.717) is 0 Å². The van der Waals surface area contributed by atoms with Crippen molar-refractivity contribution < 1.29 is 27.4 Å². The molecule has 25 heavy (non-hydrogen) atoms. The number of rotatable bonds is 3. The Labute approximate surface area is 142 Å². The van der Waals surface area contributed by atoms with Gasteiger partial charge < -0.3 is 15.2 Å². The van der Waals surface area contributed by atoms with E-state index >= 15 is 0 Å². The Morgan fingerprint density at radius 3 is 2.60 bits per heavy atom. The summed E-state index contributed by atoms with van der Waals surface area (Å²) in [7, 11) is 0. The number of alkyl halides is 3. The van der Waals surface area contributed by atoms with Crippen LogP contribution in [0.3, 0.4) is 0 Å². The highest BCUT2D eigenvalue weighted by Crippen LogP contribution is 2.44. The first-order valence-electron chi connectivity index (χ1n) is 7.33. The Morgan fingerprint density at radius 1 is 1.40 bits per heavy atom. The Kier molecular flexibility index (Phi) is 5.07. The number of nitrogens with two attached hydrogens (primary N) is 1. The lowest BCUT2D eigenvalue weighted by Crippen LogP contribution is -2.27. The summed E-state index contributed by atoms with van der Waals surface area (Å²) in [5.74, 6) is -2.52. The molecule has 1 aromatic carbocycles. The average Bonchev–Trinajstić information content (AvgIpc) is 2.53. The van der Waals surface area contributed by atoms with Crippen LogP contribution in [0.15, 0.2) is 47.1 Å². The molecule has 1 atom stereocenters. The van der Waals surface area contributed by atoms with Gasteiger partial charge in [0, 0.05) is 0 Å². The number of esters is 1. The number of ether oxygens (including phenoxy) is 2. The molecule has 1 aliphatic heterocycles. The molecular formula is C17H15F3N2O3. The molecule has 0 aliphatic carbocycles. The zero-order chi connectivity index (χ0) is 18.8. The molecule has 2 rings (SSSR count). The van der Waals surface area contributed by atoms with E-state index in [1.54, 1.807) is 13.0 Å². The van der Waals surface area contributed by atoms with Gasteiger partial charge in [-0.1, -0.05) is 18.2 Å². The predicted molar refractivity (Wildman–Crippen MR) is 81.4 cm³/mol. The molecule has 0 bridgehead atoms. The molecule has 0 amide bonds. The molecule has 0 aromatic heterocycles. The molecule has 2 N–H and O–H groups in total. The van der Waals surface area contributed by atoms with E-state index in [2.05, 4.69) is 0 Å². The van der Waals surface area contributed by atoms with E-state index in [1.165, 1.54) is 25.1 Å². The third kappa shape index (κ3) is 3.45. The fourth-order valence-electron chi connectivity index (χ4n) is 2.67. The highest BCUT2D eigenvalue weighted by atomic mass is 19.4. The van der Waals surface area contributed by atoms with Gasteiger partial charge in [-0.25, -0.2) is 4.79 Å². The van der Waals surface area contributed by atoms with Crippen molar-refractivity contribution in [2.45, 2.75) is 25.9 Å². The van der Waals surface area contributed by atoms with Crippen LogP contribution in [0.2, 0.25) is 0 Å². The molecule has 8 heteroatoms. The zero-order valence-electron chi connectivity index (χ0n) is 13.5. The molecule has 0 spiro atoms. The molecule has 0 unspecified atom stereocenters. The maximum atomic E-state index is 13.4. The van der Waals surface area contributed by atoms with Crippen molar-refractivity contribution in [3.63, 3.8) is 0 Å². The standard InChI is InChI=1S/C17H15F3N2O3/c1-3-24-16(23)13-9(2)25-15(22)11(8-21)14(13)10-6-4-5-7-12(10)17(18,19)20/h4-7,14H,3,22H2,1-2H3/t14-/m0/s1. The monoisotopic (exact) mass is 352 g/mol. The van der Waals surface area contributed by atoms with Gasteiger partial charge in [-0.05, 0) is 25.5 Å². The molecule has 0 saturated heterocycles. The Bertz CT molecular complexity index is 804. The van der Waals surface area contributed by atoms with E-state index in [0.717, 1.165) is 6.07 Å². The minimum absolute atomic E-state index is 0.00284. The van der Waals surface area contributed by atoms with Gasteiger partial charge in [0.2, 0.25) is 5.88 Å². The second-order valence-electron chi connectivity index (χ2n) is 5.20. The van der Waals surface area contributed by atoms with Crippen molar-refractivity contribution in [2.24, 2.45) is 5.73 Å². The Hall–Kier alpha value is -2.95. The van der Waals surface area contributed by atoms with Gasteiger partial charge in [-0.2, -0.15) is 18.4 Å². The number of allylic oxidation sites excluding steroid dienone is 2. The van der Waals surface area contributed by atoms with Gasteiger partial charge in [-0.15, -0.1) is 0 Å². The third-order valence-electron chi connectivity index (χ3n) is 3.68. The van der Waals surface area contributed by atoms with E-state index in [4.69, 9.17) is 15.2 Å². The van der Waals surface area contributed by atoms with Gasteiger partial charge in [0.15, 0.2) is 0 Å². The topological polar surface area (TPSA) is 85.3 Å².